The molecule has 0 aromatic heterocycles. The summed E-state index contributed by atoms with van der Waals surface area (Å²) in [5.74, 6) is 0.550. The lowest BCUT2D eigenvalue weighted by Gasteiger charge is -2.41. The molecule has 0 bridgehead atoms. The minimum absolute atomic E-state index is 0.296. The van der Waals surface area contributed by atoms with Gasteiger partial charge in [0.25, 0.3) is 0 Å². The molecular weight excluding hydrogens is 246 g/mol. The van der Waals surface area contributed by atoms with Gasteiger partial charge < -0.3 is 10.6 Å². The maximum absolute atomic E-state index is 9.26. The number of piperidine rings is 1. The maximum atomic E-state index is 9.26. The van der Waals surface area contributed by atoms with Crippen molar-refractivity contribution in [1.82, 2.24) is 0 Å². The van der Waals surface area contributed by atoms with Gasteiger partial charge in [-0.1, -0.05) is 24.6 Å². The van der Waals surface area contributed by atoms with Gasteiger partial charge in [0.05, 0.1) is 16.3 Å². The van der Waals surface area contributed by atoms with Gasteiger partial charge in [0.1, 0.15) is 6.07 Å². The van der Waals surface area contributed by atoms with Crippen molar-refractivity contribution in [2.75, 3.05) is 18.0 Å². The van der Waals surface area contributed by atoms with Crippen LogP contribution in [0.5, 0.6) is 0 Å². The zero-order chi connectivity index (χ0) is 13.1. The van der Waals surface area contributed by atoms with E-state index in [4.69, 9.17) is 17.3 Å². The van der Waals surface area contributed by atoms with Crippen molar-refractivity contribution in [3.63, 3.8) is 0 Å². The molecule has 4 heteroatoms. The third-order valence-electron chi connectivity index (χ3n) is 3.77. The molecule has 0 spiro atoms. The Morgan fingerprint density at radius 1 is 1.56 bits per heavy atom. The van der Waals surface area contributed by atoms with Crippen LogP contribution in [-0.4, -0.2) is 19.1 Å². The summed E-state index contributed by atoms with van der Waals surface area (Å²) in [5.41, 5.74) is 7.38. The van der Waals surface area contributed by atoms with Crippen LogP contribution in [0.25, 0.3) is 0 Å². The van der Waals surface area contributed by atoms with Crippen molar-refractivity contribution < 1.29 is 0 Å². The van der Waals surface area contributed by atoms with Crippen LogP contribution in [0.2, 0.25) is 5.02 Å². The van der Waals surface area contributed by atoms with Gasteiger partial charge in [0, 0.05) is 19.1 Å². The van der Waals surface area contributed by atoms with Crippen LogP contribution in [0.4, 0.5) is 5.69 Å². The number of hydrogen-bond donors (Lipinski definition) is 1. The van der Waals surface area contributed by atoms with Crippen LogP contribution in [0.1, 0.15) is 25.3 Å². The summed E-state index contributed by atoms with van der Waals surface area (Å²) in [7, 11) is 0. The number of benzene rings is 1. The molecule has 1 fully saturated rings. The fourth-order valence-corrected chi connectivity index (χ4v) is 2.98. The summed E-state index contributed by atoms with van der Waals surface area (Å²) in [6.45, 7) is 3.78. The van der Waals surface area contributed by atoms with Crippen LogP contribution < -0.4 is 10.6 Å². The Hall–Kier alpha value is -1.24. The molecular formula is C14H18ClN3. The smallest absolute Gasteiger partial charge is 0.103 e. The van der Waals surface area contributed by atoms with Crippen molar-refractivity contribution in [1.29, 1.82) is 5.26 Å². The number of nitrogens with zero attached hydrogens (tertiary/aromatic N) is 2. The van der Waals surface area contributed by atoms with Crippen molar-refractivity contribution in [3.8, 4) is 6.07 Å². The number of nitrogens with two attached hydrogens (primary N) is 1. The molecule has 0 saturated carbocycles. The Labute approximate surface area is 113 Å². The van der Waals surface area contributed by atoms with Crippen LogP contribution in [0.3, 0.4) is 0 Å². The van der Waals surface area contributed by atoms with Gasteiger partial charge in [0.2, 0.25) is 0 Å². The summed E-state index contributed by atoms with van der Waals surface area (Å²) in [6.07, 6.45) is 2.33. The standard InChI is InChI=1S/C14H18ClN3/c1-10-4-3-7-18(14(10)9-17)13-6-2-5-12(15)11(13)8-16/h2,5-6,10,14H,3-4,7,9,17H2,1H3. The first-order valence-electron chi connectivity index (χ1n) is 6.34. The number of halogens is 1. The predicted octanol–water partition coefficient (Wildman–Crippen LogP) is 2.78. The van der Waals surface area contributed by atoms with Crippen LogP contribution in [-0.2, 0) is 0 Å². The van der Waals surface area contributed by atoms with E-state index in [0.717, 1.165) is 18.7 Å². The van der Waals surface area contributed by atoms with Gasteiger partial charge in [-0.3, -0.25) is 0 Å². The summed E-state index contributed by atoms with van der Waals surface area (Å²) in [6, 6.07) is 8.12. The third kappa shape index (κ3) is 2.31. The van der Waals surface area contributed by atoms with E-state index in [1.807, 2.05) is 12.1 Å². The SMILES string of the molecule is CC1CCCN(c2cccc(Cl)c2C#N)C1CN. The lowest BCUT2D eigenvalue weighted by atomic mass is 9.90. The summed E-state index contributed by atoms with van der Waals surface area (Å²) in [5, 5.41) is 9.78. The van der Waals surface area contributed by atoms with E-state index in [9.17, 15) is 5.26 Å². The monoisotopic (exact) mass is 263 g/mol. The van der Waals surface area contributed by atoms with Gasteiger partial charge in [-0.15, -0.1) is 0 Å². The topological polar surface area (TPSA) is 53.0 Å². The molecule has 2 atom stereocenters. The Balaban J connectivity index is 2.41. The first kappa shape index (κ1) is 13.2. The molecule has 1 aliphatic rings. The lowest BCUT2D eigenvalue weighted by molar-refractivity contribution is 0.350. The minimum Gasteiger partial charge on any atom is -0.366 e. The second kappa shape index (κ2) is 5.60. The highest BCUT2D eigenvalue weighted by atomic mass is 35.5. The first-order chi connectivity index (χ1) is 8.69. The van der Waals surface area contributed by atoms with Gasteiger partial charge >= 0.3 is 0 Å². The van der Waals surface area contributed by atoms with Gasteiger partial charge in [-0.05, 0) is 30.9 Å². The van der Waals surface area contributed by atoms with Crippen molar-refractivity contribution >= 4 is 17.3 Å². The number of hydrogen-bond acceptors (Lipinski definition) is 3. The highest BCUT2D eigenvalue weighted by Crippen LogP contribution is 2.33. The normalized spacial score (nSPS) is 23.8. The van der Waals surface area contributed by atoms with Crippen LogP contribution in [0.15, 0.2) is 18.2 Å². The quantitative estimate of drug-likeness (QED) is 0.893. The van der Waals surface area contributed by atoms with Crippen LogP contribution in [0, 0.1) is 17.2 Å². The molecule has 0 aliphatic carbocycles. The molecule has 1 saturated heterocycles. The Bertz CT molecular complexity index is 467. The Morgan fingerprint density at radius 3 is 3.00 bits per heavy atom. The molecule has 2 N–H and O–H groups in total. The van der Waals surface area contributed by atoms with Gasteiger partial charge in [-0.25, -0.2) is 0 Å². The third-order valence-corrected chi connectivity index (χ3v) is 4.08. The molecule has 1 heterocycles. The first-order valence-corrected chi connectivity index (χ1v) is 6.72. The molecule has 1 aromatic carbocycles. The van der Waals surface area contributed by atoms with Gasteiger partial charge in [-0.2, -0.15) is 5.26 Å². The fraction of sp³-hybridized carbons (Fsp3) is 0.500. The average molecular weight is 264 g/mol. The zero-order valence-corrected chi connectivity index (χ0v) is 11.3. The van der Waals surface area contributed by atoms with Gasteiger partial charge in [0.15, 0.2) is 0 Å². The predicted molar refractivity (Wildman–Crippen MR) is 74.8 cm³/mol. The fourth-order valence-electron chi connectivity index (χ4n) is 2.77. The maximum Gasteiger partial charge on any atom is 0.103 e. The molecule has 1 aromatic rings. The van der Waals surface area contributed by atoms with E-state index in [1.54, 1.807) is 6.07 Å². The van der Waals surface area contributed by atoms with Crippen molar-refractivity contribution in [2.24, 2.45) is 11.7 Å². The number of nitriles is 1. The molecule has 0 radical (unpaired) electrons. The van der Waals surface area contributed by atoms with E-state index in [2.05, 4.69) is 17.9 Å². The average Bonchev–Trinajstić information content (AvgIpc) is 2.38. The minimum atomic E-state index is 0.296. The van der Waals surface area contributed by atoms with Crippen molar-refractivity contribution in [3.05, 3.63) is 28.8 Å². The molecule has 2 unspecified atom stereocenters. The molecule has 18 heavy (non-hydrogen) atoms. The lowest BCUT2D eigenvalue weighted by Crippen LogP contribution is -2.49. The van der Waals surface area contributed by atoms with E-state index in [1.165, 1.54) is 6.42 Å². The molecule has 96 valence electrons. The zero-order valence-electron chi connectivity index (χ0n) is 10.6. The van der Waals surface area contributed by atoms with E-state index in [0.29, 0.717) is 29.1 Å². The highest BCUT2D eigenvalue weighted by molar-refractivity contribution is 6.32. The second-order valence-corrected chi connectivity index (χ2v) is 5.27. The Kier molecular flexibility index (Phi) is 4.11. The molecule has 3 nitrogen and oxygen atoms in total. The Morgan fingerprint density at radius 2 is 2.33 bits per heavy atom. The number of anilines is 1. The van der Waals surface area contributed by atoms with Crippen LogP contribution >= 0.6 is 11.6 Å². The van der Waals surface area contributed by atoms with Crippen molar-refractivity contribution in [2.45, 2.75) is 25.8 Å². The second-order valence-electron chi connectivity index (χ2n) is 4.86. The molecule has 0 amide bonds. The van der Waals surface area contributed by atoms with E-state index in [-0.39, 0.29) is 0 Å². The summed E-state index contributed by atoms with van der Waals surface area (Å²) >= 11 is 6.10. The van der Waals surface area contributed by atoms with E-state index < -0.39 is 0 Å². The number of rotatable bonds is 2. The molecule has 1 aliphatic heterocycles. The summed E-state index contributed by atoms with van der Waals surface area (Å²) < 4.78 is 0. The summed E-state index contributed by atoms with van der Waals surface area (Å²) in [4.78, 5) is 2.25. The highest BCUT2D eigenvalue weighted by Gasteiger charge is 2.29. The van der Waals surface area contributed by atoms with E-state index >= 15 is 0 Å². The largest absolute Gasteiger partial charge is 0.366 e. The molecule has 2 rings (SSSR count).